The Bertz CT molecular complexity index is 1790. The molecule has 4 heterocycles. The Morgan fingerprint density at radius 1 is 0.913 bits per heavy atom. The minimum Gasteiger partial charge on any atom is -0.367 e. The van der Waals surface area contributed by atoms with Gasteiger partial charge in [0, 0.05) is 93.7 Å². The summed E-state index contributed by atoms with van der Waals surface area (Å²) in [5.41, 5.74) is 1.26. The molecular weight excluding hydrogens is 593 g/mol. The summed E-state index contributed by atoms with van der Waals surface area (Å²) >= 11 is 0. The average molecular weight is 635 g/mol. The zero-order valence-electron chi connectivity index (χ0n) is 26.7. The fraction of sp³-hybridized carbons (Fsp3) is 0.486. The van der Waals surface area contributed by atoms with Gasteiger partial charge in [-0.2, -0.15) is 0 Å². The van der Waals surface area contributed by atoms with Gasteiger partial charge in [0.15, 0.2) is 17.0 Å². The number of ketones is 1. The first-order valence-electron chi connectivity index (χ1n) is 16.5. The Balaban J connectivity index is 1.28. The third-order valence-corrected chi connectivity index (χ3v) is 10.0. The first kappa shape index (κ1) is 30.8. The molecular formula is C35H41F3N6O2. The van der Waals surface area contributed by atoms with E-state index in [0.717, 1.165) is 38.5 Å². The molecule has 46 heavy (non-hydrogen) atoms. The topological polar surface area (TPSA) is 64.1 Å². The number of nitrogens with zero attached hydrogens (tertiary/aromatic N) is 5. The third-order valence-electron chi connectivity index (χ3n) is 10.0. The maximum Gasteiger partial charge on any atom is 0.196 e. The molecule has 1 unspecified atom stereocenters. The fourth-order valence-electron chi connectivity index (χ4n) is 7.29. The first-order chi connectivity index (χ1) is 22.2. The number of aromatic nitrogens is 1. The molecule has 0 amide bonds. The second-order valence-electron chi connectivity index (χ2n) is 13.0. The second-order valence-corrected chi connectivity index (χ2v) is 13.0. The molecule has 1 atom stereocenters. The van der Waals surface area contributed by atoms with E-state index in [-0.39, 0.29) is 57.5 Å². The van der Waals surface area contributed by atoms with Gasteiger partial charge in [0.05, 0.1) is 22.5 Å². The van der Waals surface area contributed by atoms with Crippen molar-refractivity contribution in [1.29, 1.82) is 0 Å². The summed E-state index contributed by atoms with van der Waals surface area (Å²) in [6.07, 6.45) is 5.18. The van der Waals surface area contributed by atoms with E-state index < -0.39 is 23.2 Å². The SMILES string of the molecule is CCN1CCN(c2cc3c(cc2F)c(=O)c(/C=C2\CN(CC)c4c(cc(F)c(N5CCNC(C)C5)c4F)C2=O)cn3C2CC2)CC1. The molecule has 1 N–H and O–H groups in total. The van der Waals surface area contributed by atoms with E-state index in [2.05, 4.69) is 17.1 Å². The highest BCUT2D eigenvalue weighted by molar-refractivity contribution is 6.17. The van der Waals surface area contributed by atoms with Crippen LogP contribution in [0.4, 0.5) is 30.2 Å². The van der Waals surface area contributed by atoms with Crippen molar-refractivity contribution in [2.45, 2.75) is 45.7 Å². The minimum atomic E-state index is -0.778. The van der Waals surface area contributed by atoms with Crippen LogP contribution in [0, 0.1) is 17.5 Å². The van der Waals surface area contributed by atoms with Gasteiger partial charge in [-0.25, -0.2) is 13.2 Å². The molecule has 1 aromatic heterocycles. The Kier molecular flexibility index (Phi) is 8.09. The van der Waals surface area contributed by atoms with Crippen molar-refractivity contribution >= 4 is 39.8 Å². The number of pyridine rings is 1. The van der Waals surface area contributed by atoms with E-state index >= 15 is 13.2 Å². The number of rotatable bonds is 6. The van der Waals surface area contributed by atoms with Crippen LogP contribution in [0.2, 0.25) is 0 Å². The lowest BCUT2D eigenvalue weighted by atomic mass is 9.93. The van der Waals surface area contributed by atoms with Gasteiger partial charge < -0.3 is 29.5 Å². The van der Waals surface area contributed by atoms with Crippen LogP contribution < -0.4 is 25.4 Å². The zero-order valence-corrected chi connectivity index (χ0v) is 26.7. The van der Waals surface area contributed by atoms with Crippen molar-refractivity contribution in [2.75, 3.05) is 80.1 Å². The second kappa shape index (κ2) is 12.1. The van der Waals surface area contributed by atoms with Gasteiger partial charge in [0.2, 0.25) is 0 Å². The van der Waals surface area contributed by atoms with Gasteiger partial charge in [-0.05, 0) is 57.5 Å². The van der Waals surface area contributed by atoms with Crippen LogP contribution in [-0.2, 0) is 0 Å². The molecule has 2 saturated heterocycles. The number of carbonyl (C=O) groups is 1. The molecule has 11 heteroatoms. The third kappa shape index (κ3) is 5.37. The monoisotopic (exact) mass is 634 g/mol. The molecule has 4 aliphatic rings. The van der Waals surface area contributed by atoms with Crippen LogP contribution in [-0.4, -0.2) is 86.7 Å². The summed E-state index contributed by atoms with van der Waals surface area (Å²) in [6.45, 7) is 12.0. The summed E-state index contributed by atoms with van der Waals surface area (Å²) in [5, 5.41) is 3.54. The number of Topliss-reactive ketones (excluding diaryl/α,β-unsaturated/α-hetero) is 1. The highest BCUT2D eigenvalue weighted by atomic mass is 19.1. The van der Waals surface area contributed by atoms with Crippen molar-refractivity contribution in [3.63, 3.8) is 0 Å². The summed E-state index contributed by atoms with van der Waals surface area (Å²) < 4.78 is 49.3. The summed E-state index contributed by atoms with van der Waals surface area (Å²) in [4.78, 5) is 35.5. The zero-order chi connectivity index (χ0) is 32.3. The van der Waals surface area contributed by atoms with E-state index in [9.17, 15) is 9.59 Å². The molecule has 3 fully saturated rings. The molecule has 0 bridgehead atoms. The van der Waals surface area contributed by atoms with E-state index in [1.54, 1.807) is 22.1 Å². The summed E-state index contributed by atoms with van der Waals surface area (Å²) in [5.74, 6) is -2.46. The Hall–Kier alpha value is -3.83. The number of anilines is 3. The minimum absolute atomic E-state index is 0.0524. The molecule has 2 aromatic carbocycles. The molecule has 0 radical (unpaired) electrons. The maximum absolute atomic E-state index is 16.1. The smallest absolute Gasteiger partial charge is 0.196 e. The quantitative estimate of drug-likeness (QED) is 0.391. The summed E-state index contributed by atoms with van der Waals surface area (Å²) in [6, 6.07) is 4.52. The number of hydrogen-bond acceptors (Lipinski definition) is 7. The van der Waals surface area contributed by atoms with Crippen LogP contribution in [0.1, 0.15) is 55.6 Å². The van der Waals surface area contributed by atoms with Gasteiger partial charge in [0.1, 0.15) is 17.3 Å². The van der Waals surface area contributed by atoms with E-state index in [4.69, 9.17) is 0 Å². The Morgan fingerprint density at radius 3 is 2.35 bits per heavy atom. The fourth-order valence-corrected chi connectivity index (χ4v) is 7.29. The van der Waals surface area contributed by atoms with E-state index in [1.807, 2.05) is 23.3 Å². The van der Waals surface area contributed by atoms with Crippen LogP contribution >= 0.6 is 0 Å². The van der Waals surface area contributed by atoms with Crippen molar-refractivity contribution in [3.8, 4) is 0 Å². The Morgan fingerprint density at radius 2 is 1.67 bits per heavy atom. The largest absolute Gasteiger partial charge is 0.367 e. The van der Waals surface area contributed by atoms with E-state index in [0.29, 0.717) is 50.5 Å². The first-order valence-corrected chi connectivity index (χ1v) is 16.5. The molecule has 3 aliphatic heterocycles. The van der Waals surface area contributed by atoms with Gasteiger partial charge >= 0.3 is 0 Å². The molecule has 8 nitrogen and oxygen atoms in total. The van der Waals surface area contributed by atoms with Gasteiger partial charge in [-0.1, -0.05) is 6.92 Å². The summed E-state index contributed by atoms with van der Waals surface area (Å²) in [7, 11) is 0. The standard InChI is InChI=1S/C35H41F3N6O2/c1-4-40-10-12-42(13-11-40)30-17-29-25(15-27(30)36)34(45)23(20-44(29)24-6-7-24)14-22-19-41(5-2)32-26(35(22)46)16-28(37)33(31(32)38)43-9-8-39-21(3)18-43/h14-17,20-21,24,39H,4-13,18-19H2,1-3H3/b22-14+. The number of likely N-dealkylation sites (N-methyl/N-ethyl adjacent to an activating group) is 2. The van der Waals surface area contributed by atoms with Gasteiger partial charge in [0.25, 0.3) is 0 Å². The lowest BCUT2D eigenvalue weighted by Crippen LogP contribution is -2.50. The number of carbonyl (C=O) groups excluding carboxylic acids is 1. The Labute approximate surface area is 267 Å². The average Bonchev–Trinajstić information content (AvgIpc) is 3.89. The normalized spacial score (nSPS) is 21.9. The van der Waals surface area contributed by atoms with Gasteiger partial charge in [-0.3, -0.25) is 9.59 Å². The van der Waals surface area contributed by atoms with Crippen molar-refractivity contribution in [3.05, 3.63) is 68.8 Å². The van der Waals surface area contributed by atoms with E-state index in [1.165, 1.54) is 12.1 Å². The van der Waals surface area contributed by atoms with Crippen molar-refractivity contribution in [1.82, 2.24) is 14.8 Å². The number of fused-ring (bicyclic) bond motifs is 2. The number of nitrogens with one attached hydrogen (secondary N) is 1. The highest BCUT2D eigenvalue weighted by Crippen LogP contribution is 2.41. The van der Waals surface area contributed by atoms with Crippen molar-refractivity contribution < 1.29 is 18.0 Å². The highest BCUT2D eigenvalue weighted by Gasteiger charge is 2.35. The number of halogens is 3. The van der Waals surface area contributed by atoms with Gasteiger partial charge in [-0.15, -0.1) is 0 Å². The van der Waals surface area contributed by atoms with Crippen LogP contribution in [0.15, 0.2) is 34.8 Å². The maximum atomic E-state index is 16.1. The number of hydrogen-bond donors (Lipinski definition) is 1. The van der Waals surface area contributed by atoms with Crippen LogP contribution in [0.25, 0.3) is 17.0 Å². The predicted octanol–water partition coefficient (Wildman–Crippen LogP) is 4.80. The molecule has 7 rings (SSSR count). The molecule has 1 aliphatic carbocycles. The molecule has 1 saturated carbocycles. The molecule has 3 aromatic rings. The number of benzene rings is 2. The van der Waals surface area contributed by atoms with Crippen molar-refractivity contribution in [2.24, 2.45) is 0 Å². The van der Waals surface area contributed by atoms with Crippen LogP contribution in [0.3, 0.4) is 0 Å². The van der Waals surface area contributed by atoms with Crippen LogP contribution in [0.5, 0.6) is 0 Å². The molecule has 244 valence electrons. The lowest BCUT2D eigenvalue weighted by Gasteiger charge is -2.37. The predicted molar refractivity (Wildman–Crippen MR) is 177 cm³/mol. The lowest BCUT2D eigenvalue weighted by molar-refractivity contribution is 0.103. The number of piperazine rings is 2. The molecule has 0 spiro atoms.